The van der Waals surface area contributed by atoms with Crippen LogP contribution in [0.1, 0.15) is 40.0 Å². The zero-order chi connectivity index (χ0) is 9.35. The molecule has 0 aromatic heterocycles. The van der Waals surface area contributed by atoms with Gasteiger partial charge >= 0.3 is 0 Å². The number of rotatable bonds is 1. The monoisotopic (exact) mass is 172 g/mol. The van der Waals surface area contributed by atoms with Crippen LogP contribution in [0, 0.1) is 11.3 Å². The van der Waals surface area contributed by atoms with Crippen LogP contribution in [0.2, 0.25) is 0 Å². The smallest absolute Gasteiger partial charge is 0.0593 e. The molecule has 3 atom stereocenters. The average molecular weight is 172 g/mol. The third-order valence-corrected chi connectivity index (χ3v) is 3.02. The van der Waals surface area contributed by atoms with Gasteiger partial charge < -0.3 is 10.2 Å². The Bertz CT molecular complexity index is 152. The highest BCUT2D eigenvalue weighted by Gasteiger charge is 2.35. The molecule has 0 aliphatic heterocycles. The summed E-state index contributed by atoms with van der Waals surface area (Å²) in [5, 5.41) is 19.0. The molecule has 2 N–H and O–H groups in total. The number of aliphatic hydroxyl groups is 2. The molecule has 72 valence electrons. The van der Waals surface area contributed by atoms with Crippen molar-refractivity contribution in [1.29, 1.82) is 0 Å². The van der Waals surface area contributed by atoms with Crippen LogP contribution in [-0.4, -0.2) is 22.4 Å². The van der Waals surface area contributed by atoms with E-state index in [1.165, 1.54) is 0 Å². The Labute approximate surface area is 74.6 Å². The van der Waals surface area contributed by atoms with Gasteiger partial charge in [-0.1, -0.05) is 13.8 Å². The maximum atomic E-state index is 9.61. The van der Waals surface area contributed by atoms with Crippen LogP contribution < -0.4 is 0 Å². The summed E-state index contributed by atoms with van der Waals surface area (Å²) in [6, 6.07) is 0. The number of hydrogen-bond acceptors (Lipinski definition) is 2. The molecule has 1 saturated carbocycles. The van der Waals surface area contributed by atoms with Crippen molar-refractivity contribution in [2.24, 2.45) is 11.3 Å². The summed E-state index contributed by atoms with van der Waals surface area (Å²) >= 11 is 0. The number of aliphatic hydroxyl groups excluding tert-OH is 2. The van der Waals surface area contributed by atoms with Gasteiger partial charge in [0.05, 0.1) is 12.2 Å². The third-order valence-electron chi connectivity index (χ3n) is 3.02. The van der Waals surface area contributed by atoms with E-state index in [9.17, 15) is 10.2 Å². The minimum atomic E-state index is -0.375. The molecule has 2 nitrogen and oxygen atoms in total. The Morgan fingerprint density at radius 2 is 2.00 bits per heavy atom. The first-order valence-corrected chi connectivity index (χ1v) is 4.78. The Morgan fingerprint density at radius 3 is 2.42 bits per heavy atom. The highest BCUT2D eigenvalue weighted by atomic mass is 16.3. The van der Waals surface area contributed by atoms with Crippen molar-refractivity contribution >= 4 is 0 Å². The lowest BCUT2D eigenvalue weighted by Gasteiger charge is -2.39. The Kier molecular flexibility index (Phi) is 2.79. The van der Waals surface area contributed by atoms with Crippen molar-refractivity contribution < 1.29 is 10.2 Å². The Hall–Kier alpha value is -0.0800. The van der Waals surface area contributed by atoms with Crippen LogP contribution in [0.5, 0.6) is 0 Å². The van der Waals surface area contributed by atoms with E-state index in [0.717, 1.165) is 19.3 Å². The third kappa shape index (κ3) is 2.20. The molecular weight excluding hydrogens is 152 g/mol. The van der Waals surface area contributed by atoms with Crippen molar-refractivity contribution in [2.75, 3.05) is 0 Å². The second-order valence-corrected chi connectivity index (χ2v) is 4.88. The van der Waals surface area contributed by atoms with E-state index in [4.69, 9.17) is 0 Å². The minimum absolute atomic E-state index is 0.0775. The van der Waals surface area contributed by atoms with Crippen molar-refractivity contribution in [3.8, 4) is 0 Å². The van der Waals surface area contributed by atoms with E-state index in [2.05, 4.69) is 13.8 Å². The Balaban J connectivity index is 2.59. The summed E-state index contributed by atoms with van der Waals surface area (Å²) < 4.78 is 0. The van der Waals surface area contributed by atoms with Crippen LogP contribution in [-0.2, 0) is 0 Å². The van der Waals surface area contributed by atoms with Crippen LogP contribution in [0.4, 0.5) is 0 Å². The first kappa shape index (κ1) is 10.0. The van der Waals surface area contributed by atoms with E-state index in [1.807, 2.05) is 0 Å². The maximum Gasteiger partial charge on any atom is 0.0593 e. The molecule has 3 unspecified atom stereocenters. The van der Waals surface area contributed by atoms with Crippen molar-refractivity contribution in [3.05, 3.63) is 0 Å². The van der Waals surface area contributed by atoms with Crippen LogP contribution in [0.25, 0.3) is 0 Å². The van der Waals surface area contributed by atoms with E-state index in [-0.39, 0.29) is 18.1 Å². The molecule has 12 heavy (non-hydrogen) atoms. The lowest BCUT2D eigenvalue weighted by Crippen LogP contribution is -2.39. The van der Waals surface area contributed by atoms with E-state index in [1.54, 1.807) is 6.92 Å². The lowest BCUT2D eigenvalue weighted by atomic mass is 9.69. The lowest BCUT2D eigenvalue weighted by molar-refractivity contribution is -0.0377. The van der Waals surface area contributed by atoms with E-state index < -0.39 is 0 Å². The van der Waals surface area contributed by atoms with Gasteiger partial charge in [0.25, 0.3) is 0 Å². The molecule has 1 aliphatic rings. The summed E-state index contributed by atoms with van der Waals surface area (Å²) in [7, 11) is 0. The van der Waals surface area contributed by atoms with Gasteiger partial charge in [0.1, 0.15) is 0 Å². The zero-order valence-electron chi connectivity index (χ0n) is 8.25. The van der Waals surface area contributed by atoms with E-state index in [0.29, 0.717) is 5.41 Å². The van der Waals surface area contributed by atoms with Gasteiger partial charge in [-0.05, 0) is 31.6 Å². The van der Waals surface area contributed by atoms with Crippen LogP contribution >= 0.6 is 0 Å². The molecule has 1 aliphatic carbocycles. The van der Waals surface area contributed by atoms with Gasteiger partial charge in [-0.2, -0.15) is 0 Å². The summed E-state index contributed by atoms with van der Waals surface area (Å²) in [5.41, 5.74) is 0.293. The van der Waals surface area contributed by atoms with Gasteiger partial charge in [-0.15, -0.1) is 0 Å². The maximum absolute atomic E-state index is 9.61. The highest BCUT2D eigenvalue weighted by molar-refractivity contribution is 4.86. The topological polar surface area (TPSA) is 40.5 Å². The molecule has 0 radical (unpaired) electrons. The van der Waals surface area contributed by atoms with Gasteiger partial charge in [-0.3, -0.25) is 0 Å². The second-order valence-electron chi connectivity index (χ2n) is 4.88. The zero-order valence-corrected chi connectivity index (χ0v) is 8.25. The Morgan fingerprint density at radius 1 is 1.42 bits per heavy atom. The molecule has 2 heteroatoms. The molecular formula is C10H20O2. The minimum Gasteiger partial charge on any atom is -0.393 e. The second kappa shape index (κ2) is 3.35. The first-order valence-electron chi connectivity index (χ1n) is 4.78. The molecule has 0 spiro atoms. The highest BCUT2D eigenvalue weighted by Crippen LogP contribution is 2.39. The van der Waals surface area contributed by atoms with Crippen molar-refractivity contribution in [1.82, 2.24) is 0 Å². The first-order chi connectivity index (χ1) is 5.42. The molecule has 0 bridgehead atoms. The van der Waals surface area contributed by atoms with Crippen LogP contribution in [0.3, 0.4) is 0 Å². The molecule has 0 amide bonds. The predicted molar refractivity (Wildman–Crippen MR) is 48.8 cm³/mol. The summed E-state index contributed by atoms with van der Waals surface area (Å²) in [5.74, 6) is 0.0775. The summed E-state index contributed by atoms with van der Waals surface area (Å²) in [6.45, 7) is 6.18. The SMILES string of the molecule is CC(O)C1CC(C)(C)CCC1O. The van der Waals surface area contributed by atoms with Crippen molar-refractivity contribution in [2.45, 2.75) is 52.2 Å². The molecule has 1 rings (SSSR count). The fourth-order valence-corrected chi connectivity index (χ4v) is 2.12. The number of hydrogen-bond donors (Lipinski definition) is 2. The summed E-state index contributed by atoms with van der Waals surface area (Å²) in [4.78, 5) is 0. The fraction of sp³-hybridized carbons (Fsp3) is 1.00. The molecule has 0 heterocycles. The normalized spacial score (nSPS) is 37.8. The standard InChI is InChI=1S/C10H20O2/c1-7(11)8-6-10(2,3)5-4-9(8)12/h7-9,11-12H,4-6H2,1-3H3. The van der Waals surface area contributed by atoms with E-state index >= 15 is 0 Å². The quantitative estimate of drug-likeness (QED) is 0.630. The van der Waals surface area contributed by atoms with Gasteiger partial charge in [0.15, 0.2) is 0 Å². The van der Waals surface area contributed by atoms with Crippen LogP contribution in [0.15, 0.2) is 0 Å². The average Bonchev–Trinajstić information content (AvgIpc) is 1.94. The van der Waals surface area contributed by atoms with Gasteiger partial charge in [0.2, 0.25) is 0 Å². The van der Waals surface area contributed by atoms with Gasteiger partial charge in [-0.25, -0.2) is 0 Å². The van der Waals surface area contributed by atoms with Gasteiger partial charge in [0, 0.05) is 5.92 Å². The molecule has 1 fully saturated rings. The summed E-state index contributed by atoms with van der Waals surface area (Å²) in [6.07, 6.45) is 2.17. The molecule has 0 aromatic rings. The predicted octanol–water partition coefficient (Wildman–Crippen LogP) is 1.55. The van der Waals surface area contributed by atoms with Crippen molar-refractivity contribution in [3.63, 3.8) is 0 Å². The molecule has 0 saturated heterocycles. The largest absolute Gasteiger partial charge is 0.393 e. The fourth-order valence-electron chi connectivity index (χ4n) is 2.12. The molecule has 0 aromatic carbocycles.